The minimum atomic E-state index is 0.232. The number of aromatic hydroxyl groups is 1. The number of nitrogens with zero attached hydrogens (tertiary/aromatic N) is 4. The third-order valence-electron chi connectivity index (χ3n) is 2.71. The van der Waals surface area contributed by atoms with Crippen LogP contribution < -0.4 is 0 Å². The van der Waals surface area contributed by atoms with E-state index in [9.17, 15) is 0 Å². The lowest BCUT2D eigenvalue weighted by molar-refractivity contribution is 0.475. The molecule has 7 heteroatoms. The predicted molar refractivity (Wildman–Crippen MR) is 80.9 cm³/mol. The van der Waals surface area contributed by atoms with E-state index in [4.69, 9.17) is 5.11 Å². The van der Waals surface area contributed by atoms with Crippen LogP contribution in [0.4, 0.5) is 0 Å². The highest BCUT2D eigenvalue weighted by Crippen LogP contribution is 2.19. The molecule has 0 aliphatic carbocycles. The zero-order chi connectivity index (χ0) is 14.5. The fourth-order valence-corrected chi connectivity index (χ4v) is 2.29. The molecule has 2 heterocycles. The SMILES string of the molecule is Oc1cccc(-c2cn[nH]n2)c1.c1ccc2snnc2c1. The van der Waals surface area contributed by atoms with Gasteiger partial charge in [0.25, 0.3) is 0 Å². The Morgan fingerprint density at radius 3 is 2.71 bits per heavy atom. The summed E-state index contributed by atoms with van der Waals surface area (Å²) in [6.07, 6.45) is 1.61. The van der Waals surface area contributed by atoms with Crippen LogP contribution in [0.15, 0.2) is 54.7 Å². The first-order chi connectivity index (χ1) is 10.3. The van der Waals surface area contributed by atoms with Crippen molar-refractivity contribution in [3.05, 3.63) is 54.7 Å². The van der Waals surface area contributed by atoms with Gasteiger partial charge in [-0.25, -0.2) is 0 Å². The Bertz CT molecular complexity index is 798. The predicted octanol–water partition coefficient (Wildman–Crippen LogP) is 2.87. The highest BCUT2D eigenvalue weighted by Gasteiger charge is 1.99. The van der Waals surface area contributed by atoms with Crippen molar-refractivity contribution in [1.29, 1.82) is 0 Å². The highest BCUT2D eigenvalue weighted by atomic mass is 32.1. The molecule has 2 aromatic heterocycles. The lowest BCUT2D eigenvalue weighted by Crippen LogP contribution is -1.76. The Morgan fingerprint density at radius 1 is 1.05 bits per heavy atom. The number of nitrogens with one attached hydrogen (secondary N) is 1. The summed E-state index contributed by atoms with van der Waals surface area (Å²) >= 11 is 1.43. The lowest BCUT2D eigenvalue weighted by Gasteiger charge is -1.94. The van der Waals surface area contributed by atoms with Crippen molar-refractivity contribution in [2.24, 2.45) is 0 Å². The summed E-state index contributed by atoms with van der Waals surface area (Å²) in [5.74, 6) is 0.232. The Balaban J connectivity index is 0.000000131. The van der Waals surface area contributed by atoms with Gasteiger partial charge >= 0.3 is 0 Å². The van der Waals surface area contributed by atoms with E-state index >= 15 is 0 Å². The van der Waals surface area contributed by atoms with Crippen molar-refractivity contribution in [1.82, 2.24) is 25.0 Å². The summed E-state index contributed by atoms with van der Waals surface area (Å²) in [7, 11) is 0. The van der Waals surface area contributed by atoms with Crippen molar-refractivity contribution < 1.29 is 5.11 Å². The average molecular weight is 297 g/mol. The van der Waals surface area contributed by atoms with Crippen LogP contribution in [-0.2, 0) is 0 Å². The third kappa shape index (κ3) is 3.21. The van der Waals surface area contributed by atoms with Crippen LogP contribution in [-0.4, -0.2) is 30.1 Å². The van der Waals surface area contributed by atoms with Crippen LogP contribution in [0.1, 0.15) is 0 Å². The highest BCUT2D eigenvalue weighted by molar-refractivity contribution is 7.12. The van der Waals surface area contributed by atoms with Gasteiger partial charge in [0.1, 0.15) is 17.0 Å². The molecule has 0 radical (unpaired) electrons. The van der Waals surface area contributed by atoms with Crippen molar-refractivity contribution in [3.8, 4) is 17.0 Å². The maximum atomic E-state index is 9.15. The van der Waals surface area contributed by atoms with Gasteiger partial charge in [0.2, 0.25) is 0 Å². The number of hydrogen-bond donors (Lipinski definition) is 2. The minimum Gasteiger partial charge on any atom is -0.508 e. The van der Waals surface area contributed by atoms with Crippen LogP contribution >= 0.6 is 11.5 Å². The number of phenols is 1. The van der Waals surface area contributed by atoms with Gasteiger partial charge in [0.05, 0.1) is 10.9 Å². The summed E-state index contributed by atoms with van der Waals surface area (Å²) in [6.45, 7) is 0. The first kappa shape index (κ1) is 13.2. The molecule has 2 aromatic carbocycles. The van der Waals surface area contributed by atoms with Crippen LogP contribution in [0.25, 0.3) is 21.5 Å². The Morgan fingerprint density at radius 2 is 1.95 bits per heavy atom. The molecule has 0 unspecified atom stereocenters. The van der Waals surface area contributed by atoms with Gasteiger partial charge in [0, 0.05) is 5.56 Å². The molecule has 0 bridgehead atoms. The van der Waals surface area contributed by atoms with Crippen LogP contribution in [0.5, 0.6) is 5.75 Å². The summed E-state index contributed by atoms with van der Waals surface area (Å²) in [6, 6.07) is 14.8. The maximum absolute atomic E-state index is 9.15. The average Bonchev–Trinajstić information content (AvgIpc) is 3.19. The minimum absolute atomic E-state index is 0.232. The molecule has 0 aliphatic heterocycles. The number of phenolic OH excluding ortho intramolecular Hbond substituents is 1. The Hall–Kier alpha value is -2.80. The molecule has 2 N–H and O–H groups in total. The molecule has 104 valence electrons. The topological polar surface area (TPSA) is 87.6 Å². The number of H-pyrrole nitrogens is 1. The first-order valence-electron chi connectivity index (χ1n) is 6.15. The van der Waals surface area contributed by atoms with Crippen molar-refractivity contribution in [3.63, 3.8) is 0 Å². The maximum Gasteiger partial charge on any atom is 0.116 e. The van der Waals surface area contributed by atoms with Gasteiger partial charge in [-0.1, -0.05) is 28.8 Å². The molecule has 0 spiro atoms. The summed E-state index contributed by atoms with van der Waals surface area (Å²) < 4.78 is 4.94. The van der Waals surface area contributed by atoms with E-state index in [1.54, 1.807) is 24.4 Å². The van der Waals surface area contributed by atoms with Gasteiger partial charge in [0.15, 0.2) is 0 Å². The van der Waals surface area contributed by atoms with Gasteiger partial charge in [-0.05, 0) is 35.8 Å². The van der Waals surface area contributed by atoms with Crippen molar-refractivity contribution >= 4 is 21.7 Å². The number of aromatic nitrogens is 5. The number of aromatic amines is 1. The zero-order valence-corrected chi connectivity index (χ0v) is 11.7. The van der Waals surface area contributed by atoms with Gasteiger partial charge in [-0.2, -0.15) is 15.4 Å². The molecule has 0 atom stereocenters. The fraction of sp³-hybridized carbons (Fsp3) is 0. The van der Waals surface area contributed by atoms with E-state index in [1.807, 2.05) is 30.3 Å². The summed E-state index contributed by atoms with van der Waals surface area (Å²) in [5, 5.41) is 23.1. The fourth-order valence-electron chi connectivity index (χ4n) is 1.73. The molecular formula is C14H11N5OS. The normalized spacial score (nSPS) is 10.1. The van der Waals surface area contributed by atoms with E-state index in [0.717, 1.165) is 21.5 Å². The number of benzene rings is 2. The molecule has 6 nitrogen and oxygen atoms in total. The van der Waals surface area contributed by atoms with E-state index < -0.39 is 0 Å². The second kappa shape index (κ2) is 6.10. The molecule has 0 amide bonds. The molecule has 21 heavy (non-hydrogen) atoms. The van der Waals surface area contributed by atoms with Gasteiger partial charge in [-0.15, -0.1) is 5.10 Å². The Kier molecular flexibility index (Phi) is 3.83. The van der Waals surface area contributed by atoms with Gasteiger partial charge < -0.3 is 5.11 Å². The monoisotopic (exact) mass is 297 g/mol. The molecule has 0 saturated carbocycles. The van der Waals surface area contributed by atoms with E-state index in [0.29, 0.717) is 0 Å². The standard InChI is InChI=1S/C8H7N3O.C6H4N2S/c12-7-3-1-2-6(4-7)8-5-9-11-10-8;1-2-4-6-5(3-1)7-8-9-6/h1-5,12H,(H,9,10,11);1-4H. The second-order valence-electron chi connectivity index (χ2n) is 4.15. The van der Waals surface area contributed by atoms with E-state index in [-0.39, 0.29) is 5.75 Å². The van der Waals surface area contributed by atoms with Gasteiger partial charge in [-0.3, -0.25) is 0 Å². The number of rotatable bonds is 1. The number of hydrogen-bond acceptors (Lipinski definition) is 6. The second-order valence-corrected chi connectivity index (χ2v) is 4.93. The molecule has 0 fully saturated rings. The van der Waals surface area contributed by atoms with Crippen LogP contribution in [0.2, 0.25) is 0 Å². The first-order valence-corrected chi connectivity index (χ1v) is 6.92. The van der Waals surface area contributed by atoms with Crippen molar-refractivity contribution in [2.75, 3.05) is 0 Å². The summed E-state index contributed by atoms with van der Waals surface area (Å²) in [4.78, 5) is 0. The quantitative estimate of drug-likeness (QED) is 0.564. The van der Waals surface area contributed by atoms with Crippen LogP contribution in [0, 0.1) is 0 Å². The molecule has 4 aromatic rings. The Labute approximate surface area is 124 Å². The zero-order valence-electron chi connectivity index (χ0n) is 10.8. The smallest absolute Gasteiger partial charge is 0.116 e. The molecule has 0 aliphatic rings. The van der Waals surface area contributed by atoms with E-state index in [1.165, 1.54) is 11.5 Å². The third-order valence-corrected chi connectivity index (χ3v) is 3.42. The summed E-state index contributed by atoms with van der Waals surface area (Å²) in [5.41, 5.74) is 2.57. The van der Waals surface area contributed by atoms with E-state index in [2.05, 4.69) is 25.0 Å². The molecule has 4 rings (SSSR count). The largest absolute Gasteiger partial charge is 0.508 e. The molecular weight excluding hydrogens is 286 g/mol. The van der Waals surface area contributed by atoms with Crippen molar-refractivity contribution in [2.45, 2.75) is 0 Å². The van der Waals surface area contributed by atoms with Crippen LogP contribution in [0.3, 0.4) is 0 Å². The molecule has 0 saturated heterocycles. The lowest BCUT2D eigenvalue weighted by atomic mass is 10.2. The number of fused-ring (bicyclic) bond motifs is 1.